The number of rotatable bonds is 4. The maximum absolute atomic E-state index is 14.9. The molecule has 0 unspecified atom stereocenters. The van der Waals surface area contributed by atoms with Crippen LogP contribution in [0.4, 0.5) is 43.9 Å². The van der Waals surface area contributed by atoms with Crippen LogP contribution in [0.15, 0.2) is 47.5 Å². The van der Waals surface area contributed by atoms with Crippen molar-refractivity contribution in [1.82, 2.24) is 0 Å². The third-order valence-electron chi connectivity index (χ3n) is 7.42. The molecule has 3 aromatic rings. The van der Waals surface area contributed by atoms with Gasteiger partial charge >= 0.3 is 12.7 Å². The minimum absolute atomic E-state index is 0.269. The molecule has 18 heteroatoms. The number of hydrogen-bond acceptors (Lipinski definition) is 8. The molecule has 0 aromatic heterocycles. The van der Waals surface area contributed by atoms with Crippen LogP contribution in [0, 0.1) is 91.3 Å². The molecule has 5 rings (SSSR count). The van der Waals surface area contributed by atoms with Crippen molar-refractivity contribution in [2.24, 2.45) is 0 Å². The number of halogens is 10. The van der Waals surface area contributed by atoms with Crippen LogP contribution < -0.4 is 9.47 Å². The van der Waals surface area contributed by atoms with Crippen LogP contribution in [0.25, 0.3) is 33.4 Å². The third kappa shape index (κ3) is 5.98. The van der Waals surface area contributed by atoms with Gasteiger partial charge in [0.2, 0.25) is 11.5 Å². The molecule has 0 radical (unpaired) electrons. The highest BCUT2D eigenvalue weighted by molar-refractivity contribution is 6.29. The van der Waals surface area contributed by atoms with Crippen molar-refractivity contribution < 1.29 is 53.4 Å². The van der Waals surface area contributed by atoms with Gasteiger partial charge in [0, 0.05) is 33.4 Å². The smallest absolute Gasteiger partial charge is 0.399 e. The Hall–Kier alpha value is -7.54. The molecule has 0 aliphatic heterocycles. The minimum atomic E-state index is -5.53. The Balaban J connectivity index is 1.85. The zero-order valence-corrected chi connectivity index (χ0v) is 24.7. The molecular formula is C34H6F10N6O2. The summed E-state index contributed by atoms with van der Waals surface area (Å²) in [7, 11) is 0. The average molecular weight is 720 g/mol. The fourth-order valence-corrected chi connectivity index (χ4v) is 5.65. The lowest BCUT2D eigenvalue weighted by Crippen LogP contribution is -2.19. The summed E-state index contributed by atoms with van der Waals surface area (Å²) >= 11 is 0. The van der Waals surface area contributed by atoms with Crippen LogP contribution in [0.1, 0.15) is 33.4 Å². The molecule has 3 aromatic carbocycles. The number of benzene rings is 3. The first kappa shape index (κ1) is 35.8. The molecule has 0 saturated heterocycles. The highest BCUT2D eigenvalue weighted by atomic mass is 19.4. The molecule has 0 saturated carbocycles. The molecule has 0 N–H and O–H groups in total. The fraction of sp³-hybridized carbons (Fsp3) is 0.0588. The van der Waals surface area contributed by atoms with E-state index in [1.807, 2.05) is 0 Å². The molecule has 0 amide bonds. The Morgan fingerprint density at radius 1 is 0.462 bits per heavy atom. The Morgan fingerprint density at radius 2 is 0.750 bits per heavy atom. The van der Waals surface area contributed by atoms with Gasteiger partial charge < -0.3 is 9.47 Å². The normalized spacial score (nSPS) is 13.2. The largest absolute Gasteiger partial charge is 0.573 e. The van der Waals surface area contributed by atoms with E-state index in [-0.39, 0.29) is 22.3 Å². The summed E-state index contributed by atoms with van der Waals surface area (Å²) < 4.78 is 143. The SMILES string of the molecule is N#CC(C#N)=C1C(c2cc(F)c(OC(F)(F)F)c(F)c2)=C(C#N)c2cc3c(cc21)C(C#N)=C(c1cc(F)c(OC(F)(F)F)c(F)c1)C3=C(C#N)C#N. The van der Waals surface area contributed by atoms with Gasteiger partial charge in [0.1, 0.15) is 47.6 Å². The van der Waals surface area contributed by atoms with Gasteiger partial charge in [-0.2, -0.15) is 31.6 Å². The number of ether oxygens (including phenoxy) is 2. The monoisotopic (exact) mass is 720 g/mol. The van der Waals surface area contributed by atoms with E-state index in [1.165, 1.54) is 24.3 Å². The minimum Gasteiger partial charge on any atom is -0.399 e. The van der Waals surface area contributed by atoms with E-state index in [4.69, 9.17) is 0 Å². The number of nitriles is 6. The van der Waals surface area contributed by atoms with Gasteiger partial charge in [-0.05, 0) is 58.7 Å². The molecule has 52 heavy (non-hydrogen) atoms. The van der Waals surface area contributed by atoms with Gasteiger partial charge in [0.25, 0.3) is 0 Å². The predicted octanol–water partition coefficient (Wildman–Crippen LogP) is 8.54. The second-order valence-corrected chi connectivity index (χ2v) is 10.2. The molecule has 0 bridgehead atoms. The van der Waals surface area contributed by atoms with Crippen LogP contribution in [0.3, 0.4) is 0 Å². The van der Waals surface area contributed by atoms with Crippen LogP contribution in [0.2, 0.25) is 0 Å². The lowest BCUT2D eigenvalue weighted by molar-refractivity contribution is -0.277. The van der Waals surface area contributed by atoms with Crippen molar-refractivity contribution in [2.45, 2.75) is 12.7 Å². The highest BCUT2D eigenvalue weighted by Crippen LogP contribution is 2.55. The number of fused-ring (bicyclic) bond motifs is 2. The van der Waals surface area contributed by atoms with Gasteiger partial charge in [-0.25, -0.2) is 17.6 Å². The van der Waals surface area contributed by atoms with Crippen molar-refractivity contribution in [3.05, 3.63) is 104 Å². The maximum Gasteiger partial charge on any atom is 0.573 e. The van der Waals surface area contributed by atoms with E-state index in [0.717, 1.165) is 12.1 Å². The van der Waals surface area contributed by atoms with Crippen LogP contribution >= 0.6 is 0 Å². The van der Waals surface area contributed by atoms with Gasteiger partial charge in [-0.1, -0.05) is 0 Å². The van der Waals surface area contributed by atoms with Gasteiger partial charge in [0.05, 0.1) is 11.1 Å². The molecule has 0 heterocycles. The fourth-order valence-electron chi connectivity index (χ4n) is 5.65. The summed E-state index contributed by atoms with van der Waals surface area (Å²) in [5.41, 5.74) is -7.27. The number of allylic oxidation sites excluding steroid dienone is 8. The molecule has 0 fully saturated rings. The Labute approximate surface area is 283 Å². The van der Waals surface area contributed by atoms with Crippen molar-refractivity contribution in [2.75, 3.05) is 0 Å². The molecule has 2 aliphatic rings. The molecule has 0 atom stereocenters. The summed E-state index contributed by atoms with van der Waals surface area (Å²) in [5.74, 6) is -11.4. The average Bonchev–Trinajstić information content (AvgIpc) is 3.55. The van der Waals surface area contributed by atoms with Crippen molar-refractivity contribution in [1.29, 1.82) is 31.6 Å². The summed E-state index contributed by atoms with van der Waals surface area (Å²) in [6.07, 6.45) is -11.1. The number of hydrogen-bond donors (Lipinski definition) is 0. The van der Waals surface area contributed by atoms with E-state index >= 15 is 0 Å². The zero-order valence-electron chi connectivity index (χ0n) is 24.7. The lowest BCUT2D eigenvalue weighted by atomic mass is 9.90. The Bertz CT molecular complexity index is 2300. The van der Waals surface area contributed by atoms with E-state index in [2.05, 4.69) is 9.47 Å². The summed E-state index contributed by atoms with van der Waals surface area (Å²) in [6.45, 7) is 0. The summed E-state index contributed by atoms with van der Waals surface area (Å²) in [4.78, 5) is 0. The molecule has 254 valence electrons. The van der Waals surface area contributed by atoms with E-state index < -0.39 is 103 Å². The summed E-state index contributed by atoms with van der Waals surface area (Å²) in [5, 5.41) is 59.7. The number of nitrogens with zero attached hydrogens (tertiary/aromatic N) is 6. The lowest BCUT2D eigenvalue weighted by Gasteiger charge is -2.14. The van der Waals surface area contributed by atoms with Gasteiger partial charge in [0.15, 0.2) is 23.3 Å². The first-order valence-electron chi connectivity index (χ1n) is 13.5. The second-order valence-electron chi connectivity index (χ2n) is 10.2. The van der Waals surface area contributed by atoms with Crippen LogP contribution in [0.5, 0.6) is 11.5 Å². The summed E-state index contributed by atoms with van der Waals surface area (Å²) in [6, 6.07) is 12.9. The van der Waals surface area contributed by atoms with Crippen molar-refractivity contribution in [3.8, 4) is 47.9 Å². The van der Waals surface area contributed by atoms with Gasteiger partial charge in [-0.15, -0.1) is 26.3 Å². The third-order valence-corrected chi connectivity index (χ3v) is 7.42. The quantitative estimate of drug-likeness (QED) is 0.191. The molecule has 0 spiro atoms. The standard InChI is InChI=1S/C34H6F10N6O2/c35-23-1-13(2-24(36)31(23)51-33(39,40)41)27-21(11-49)17-5-20-18(6-19(17)29(27)15(7-45)8-46)22(12-50)28(30(20)16(9-47)10-48)14-3-25(37)32(26(38)4-14)52-34(42,43)44/h1-6H. The molecule has 8 nitrogen and oxygen atoms in total. The van der Waals surface area contributed by atoms with Crippen LogP contribution in [-0.2, 0) is 0 Å². The first-order chi connectivity index (χ1) is 24.4. The Kier molecular flexibility index (Phi) is 8.75. The van der Waals surface area contributed by atoms with Gasteiger partial charge in [-0.3, -0.25) is 0 Å². The van der Waals surface area contributed by atoms with E-state index in [1.54, 1.807) is 12.1 Å². The molecule has 2 aliphatic carbocycles. The zero-order chi connectivity index (χ0) is 38.4. The van der Waals surface area contributed by atoms with Crippen molar-refractivity contribution in [3.63, 3.8) is 0 Å². The van der Waals surface area contributed by atoms with E-state index in [0.29, 0.717) is 24.3 Å². The predicted molar refractivity (Wildman–Crippen MR) is 154 cm³/mol. The Morgan fingerprint density at radius 3 is 0.981 bits per heavy atom. The highest BCUT2D eigenvalue weighted by Gasteiger charge is 2.40. The van der Waals surface area contributed by atoms with Crippen LogP contribution in [-0.4, -0.2) is 12.7 Å². The topological polar surface area (TPSA) is 161 Å². The number of alkyl halides is 6. The second kappa shape index (κ2) is 12.7. The first-order valence-corrected chi connectivity index (χ1v) is 13.5. The van der Waals surface area contributed by atoms with E-state index in [9.17, 15) is 75.5 Å². The van der Waals surface area contributed by atoms with Crippen molar-refractivity contribution >= 4 is 33.4 Å². The molecular weight excluding hydrogens is 714 g/mol. The maximum atomic E-state index is 14.9.